The van der Waals surface area contributed by atoms with Gasteiger partial charge < -0.3 is 39.4 Å². The predicted molar refractivity (Wildman–Crippen MR) is 254 cm³/mol. The van der Waals surface area contributed by atoms with Crippen molar-refractivity contribution in [3.05, 3.63) is 65.7 Å². The minimum Gasteiger partial charge on any atom is -0.491 e. The van der Waals surface area contributed by atoms with Gasteiger partial charge in [-0.2, -0.15) is 0 Å². The Morgan fingerprint density at radius 1 is 0.800 bits per heavy atom. The van der Waals surface area contributed by atoms with Gasteiger partial charge >= 0.3 is 5.97 Å². The van der Waals surface area contributed by atoms with Crippen molar-refractivity contribution in [2.45, 2.75) is 149 Å². The Balaban J connectivity index is 1.76. The molecule has 3 rings (SSSR count). The number of hydrogen-bond acceptors (Lipinski definition) is 10. The van der Waals surface area contributed by atoms with E-state index in [4.69, 9.17) is 18.9 Å². The van der Waals surface area contributed by atoms with E-state index < -0.39 is 54.3 Å². The van der Waals surface area contributed by atoms with Gasteiger partial charge in [-0.3, -0.25) is 24.1 Å². The highest BCUT2D eigenvalue weighted by atomic mass is 16.5. The second-order valence-corrected chi connectivity index (χ2v) is 18.8. The Bertz CT molecular complexity index is 1790. The van der Waals surface area contributed by atoms with Crippen LogP contribution in [0.25, 0.3) is 0 Å². The summed E-state index contributed by atoms with van der Waals surface area (Å²) in [6, 6.07) is 14.3. The third-order valence-electron chi connectivity index (χ3n) is 13.0. The fourth-order valence-electron chi connectivity index (χ4n) is 9.23. The number of carbonyl (C=O) groups is 5. The van der Waals surface area contributed by atoms with Gasteiger partial charge in [-0.15, -0.1) is 0 Å². The Morgan fingerprint density at radius 2 is 1.45 bits per heavy atom. The van der Waals surface area contributed by atoms with Crippen LogP contribution in [-0.4, -0.2) is 141 Å². The van der Waals surface area contributed by atoms with Gasteiger partial charge in [0, 0.05) is 40.8 Å². The van der Waals surface area contributed by atoms with Crippen molar-refractivity contribution in [2.75, 3.05) is 48.5 Å². The molecule has 0 unspecified atom stereocenters. The maximum atomic E-state index is 14.6. The van der Waals surface area contributed by atoms with Gasteiger partial charge in [0.25, 0.3) is 0 Å². The number of nitrogens with zero attached hydrogens (tertiary/aromatic N) is 3. The fraction of sp³-hybridized carbons (Fsp3) is 0.667. The molecule has 0 aliphatic carbocycles. The molecule has 1 aliphatic rings. The molecule has 1 aliphatic heterocycles. The Morgan fingerprint density at radius 3 is 1.98 bits per heavy atom. The highest BCUT2D eigenvalue weighted by Crippen LogP contribution is 2.30. The monoisotopic (exact) mass is 908 g/mol. The molecule has 2 N–H and O–H groups in total. The molecule has 0 spiro atoms. The molecule has 9 atom stereocenters. The number of benzene rings is 2. The molecular formula is C51H81N5O9. The standard InChI is InChI=1S/C51H81N5O9/c1-15-35(8)46(55(11)50(60)44(32(2)3)53-49(59)45(33(4)5)54(10)29-27-37-23-25-39(26-24-37)65-34(6)7)42(62-12)31-43(57)56-28-19-22-41(56)47(63-13)36(9)48(58)52-40(51(61)64-14)30-38-20-17-16-18-21-38/h16-18,20-21,23-26,32-36,40-42,44-47H,15,19,22,27-31H2,1-14H3,(H,52,58)(H,53,59)/t35-,36+,40-,41-,42+,44-,45-,46-,47+/m0/s1. The molecule has 0 radical (unpaired) electrons. The molecule has 364 valence electrons. The number of ether oxygens (including phenoxy) is 4. The summed E-state index contributed by atoms with van der Waals surface area (Å²) in [6.07, 6.45) is 1.81. The summed E-state index contributed by atoms with van der Waals surface area (Å²) in [4.78, 5) is 75.2. The SMILES string of the molecule is CC[C@H](C)[C@@H]([C@@H](CC(=O)N1CCC[C@H]1[C@H](OC)[C@@H](C)C(=O)N[C@@H](Cc1ccccc1)C(=O)OC)OC)N(C)C(=O)[C@@H](NC(=O)[C@H](C(C)C)N(C)CCc1ccc(OC(C)C)cc1)C(C)C. The van der Waals surface area contributed by atoms with Crippen LogP contribution in [0, 0.1) is 23.7 Å². The van der Waals surface area contributed by atoms with E-state index in [0.29, 0.717) is 25.9 Å². The average Bonchev–Trinajstić information content (AvgIpc) is 3.76. The first-order valence-electron chi connectivity index (χ1n) is 23.6. The summed E-state index contributed by atoms with van der Waals surface area (Å²) in [5.74, 6) is -1.78. The van der Waals surface area contributed by atoms with E-state index in [1.165, 1.54) is 14.2 Å². The van der Waals surface area contributed by atoms with Gasteiger partial charge in [0.15, 0.2) is 0 Å². The highest BCUT2D eigenvalue weighted by molar-refractivity contribution is 5.90. The Kier molecular flexibility index (Phi) is 22.4. The number of rotatable bonds is 26. The van der Waals surface area contributed by atoms with Gasteiger partial charge in [0.2, 0.25) is 23.6 Å². The average molecular weight is 908 g/mol. The van der Waals surface area contributed by atoms with Crippen molar-refractivity contribution in [3.8, 4) is 5.75 Å². The molecule has 2 aromatic rings. The lowest BCUT2D eigenvalue weighted by atomic mass is 9.89. The minimum absolute atomic E-state index is 0.00940. The van der Waals surface area contributed by atoms with Crippen molar-refractivity contribution < 1.29 is 42.9 Å². The molecule has 14 heteroatoms. The molecule has 2 aromatic carbocycles. The molecule has 0 bridgehead atoms. The lowest BCUT2D eigenvalue weighted by Gasteiger charge is -2.41. The zero-order valence-corrected chi connectivity index (χ0v) is 41.8. The van der Waals surface area contributed by atoms with Crippen LogP contribution in [-0.2, 0) is 51.0 Å². The van der Waals surface area contributed by atoms with E-state index in [0.717, 1.165) is 29.7 Å². The quantitative estimate of drug-likeness (QED) is 0.109. The fourth-order valence-corrected chi connectivity index (χ4v) is 9.23. The van der Waals surface area contributed by atoms with Gasteiger partial charge in [-0.05, 0) is 81.2 Å². The second kappa shape index (κ2) is 26.6. The van der Waals surface area contributed by atoms with Crippen LogP contribution in [0.15, 0.2) is 54.6 Å². The lowest BCUT2D eigenvalue weighted by Crippen LogP contribution is -2.60. The minimum atomic E-state index is -0.901. The second-order valence-electron chi connectivity index (χ2n) is 18.8. The van der Waals surface area contributed by atoms with E-state index in [-0.39, 0.29) is 60.3 Å². The molecule has 1 fully saturated rings. The van der Waals surface area contributed by atoms with Crippen molar-refractivity contribution in [1.29, 1.82) is 0 Å². The lowest BCUT2D eigenvalue weighted by molar-refractivity contribution is -0.149. The molecular weight excluding hydrogens is 827 g/mol. The Labute approximate surface area is 389 Å². The van der Waals surface area contributed by atoms with Gasteiger partial charge in [0.1, 0.15) is 17.8 Å². The van der Waals surface area contributed by atoms with Crippen LogP contribution >= 0.6 is 0 Å². The number of esters is 1. The summed E-state index contributed by atoms with van der Waals surface area (Å²) in [5.41, 5.74) is 2.01. The third kappa shape index (κ3) is 15.5. The van der Waals surface area contributed by atoms with Crippen LogP contribution in [0.1, 0.15) is 99.1 Å². The van der Waals surface area contributed by atoms with Crippen molar-refractivity contribution in [1.82, 2.24) is 25.3 Å². The van der Waals surface area contributed by atoms with Crippen molar-refractivity contribution >= 4 is 29.6 Å². The largest absolute Gasteiger partial charge is 0.491 e. The van der Waals surface area contributed by atoms with Gasteiger partial charge in [-0.1, -0.05) is 97.4 Å². The molecule has 14 nitrogen and oxygen atoms in total. The van der Waals surface area contributed by atoms with Crippen LogP contribution in [0.3, 0.4) is 0 Å². The number of amides is 4. The maximum absolute atomic E-state index is 14.6. The number of hydrogen-bond donors (Lipinski definition) is 2. The summed E-state index contributed by atoms with van der Waals surface area (Å²) in [6.45, 7) is 18.8. The summed E-state index contributed by atoms with van der Waals surface area (Å²) >= 11 is 0. The van der Waals surface area contributed by atoms with Crippen LogP contribution < -0.4 is 15.4 Å². The highest BCUT2D eigenvalue weighted by Gasteiger charge is 2.43. The first-order valence-corrected chi connectivity index (χ1v) is 23.6. The van der Waals surface area contributed by atoms with E-state index in [1.54, 1.807) is 30.9 Å². The summed E-state index contributed by atoms with van der Waals surface area (Å²) < 4.78 is 22.9. The normalized spacial score (nSPS) is 17.8. The van der Waals surface area contributed by atoms with Gasteiger partial charge in [0.05, 0.1) is 55.9 Å². The van der Waals surface area contributed by atoms with Crippen LogP contribution in [0.4, 0.5) is 0 Å². The van der Waals surface area contributed by atoms with Crippen molar-refractivity contribution in [3.63, 3.8) is 0 Å². The van der Waals surface area contributed by atoms with E-state index in [2.05, 4.69) is 15.5 Å². The topological polar surface area (TPSA) is 156 Å². The van der Waals surface area contributed by atoms with E-state index >= 15 is 0 Å². The zero-order valence-electron chi connectivity index (χ0n) is 41.8. The Hall–Kier alpha value is -4.53. The zero-order chi connectivity index (χ0) is 48.5. The van der Waals surface area contributed by atoms with Gasteiger partial charge in [-0.25, -0.2) is 4.79 Å². The molecule has 0 aromatic heterocycles. The molecule has 0 saturated carbocycles. The third-order valence-corrected chi connectivity index (χ3v) is 13.0. The molecule has 1 saturated heterocycles. The van der Waals surface area contributed by atoms with Crippen molar-refractivity contribution in [2.24, 2.45) is 23.7 Å². The maximum Gasteiger partial charge on any atom is 0.328 e. The molecule has 65 heavy (non-hydrogen) atoms. The smallest absolute Gasteiger partial charge is 0.328 e. The van der Waals surface area contributed by atoms with Crippen LogP contribution in [0.2, 0.25) is 0 Å². The molecule has 1 heterocycles. The van der Waals surface area contributed by atoms with E-state index in [9.17, 15) is 24.0 Å². The predicted octanol–water partition coefficient (Wildman–Crippen LogP) is 5.93. The number of carbonyl (C=O) groups excluding carboxylic acids is 5. The first-order chi connectivity index (χ1) is 30.8. The number of likely N-dealkylation sites (tertiary alicyclic amines) is 1. The number of likely N-dealkylation sites (N-methyl/N-ethyl adjacent to an activating group) is 2. The summed E-state index contributed by atoms with van der Waals surface area (Å²) in [5, 5.41) is 6.01. The number of methoxy groups -OCH3 is 3. The van der Waals surface area contributed by atoms with E-state index in [1.807, 2.05) is 117 Å². The first kappa shape index (κ1) is 54.8. The molecule has 4 amide bonds. The number of nitrogens with one attached hydrogen (secondary N) is 2. The van der Waals surface area contributed by atoms with Crippen LogP contribution in [0.5, 0.6) is 5.75 Å². The summed E-state index contributed by atoms with van der Waals surface area (Å²) in [7, 11) is 8.06.